The summed E-state index contributed by atoms with van der Waals surface area (Å²) in [4.78, 5) is 18.8. The number of piperidine rings is 1. The Labute approximate surface area is 153 Å². The zero-order chi connectivity index (χ0) is 17.9. The van der Waals surface area contributed by atoms with Gasteiger partial charge in [0.1, 0.15) is 18.1 Å². The predicted molar refractivity (Wildman–Crippen MR) is 98.8 cm³/mol. The van der Waals surface area contributed by atoms with E-state index in [1.807, 2.05) is 12.1 Å². The van der Waals surface area contributed by atoms with Crippen LogP contribution in [-0.4, -0.2) is 41.6 Å². The van der Waals surface area contributed by atoms with Crippen molar-refractivity contribution in [2.75, 3.05) is 19.7 Å². The molecule has 0 aliphatic carbocycles. The van der Waals surface area contributed by atoms with Crippen LogP contribution in [0.2, 0.25) is 0 Å². The standard InChI is InChI=1S/C21H24N2O3/c1-2-10-23-11-4-6-17-18-12-16(7-8-20(18)25-14-19(17)23)26-21(24)15-5-3-9-22-13-15/h3,5,7-9,12-13,17,19H,2,4,6,10-11,14H2,1H3/t17-,19-/m1/s1. The fraction of sp³-hybridized carbons (Fsp3) is 0.429. The highest BCUT2D eigenvalue weighted by molar-refractivity contribution is 5.90. The molecule has 1 saturated heterocycles. The summed E-state index contributed by atoms with van der Waals surface area (Å²) in [5.74, 6) is 1.54. The average Bonchev–Trinajstić information content (AvgIpc) is 2.69. The van der Waals surface area contributed by atoms with E-state index >= 15 is 0 Å². The van der Waals surface area contributed by atoms with Crippen LogP contribution in [0.25, 0.3) is 0 Å². The Hall–Kier alpha value is -2.40. The van der Waals surface area contributed by atoms with Crippen LogP contribution >= 0.6 is 0 Å². The second-order valence-electron chi connectivity index (χ2n) is 6.99. The van der Waals surface area contributed by atoms with Gasteiger partial charge in [-0.15, -0.1) is 0 Å². The molecule has 5 heteroatoms. The SMILES string of the molecule is CCCN1CCC[C@@H]2c3cc(OC(=O)c4cccnc4)ccc3OC[C@H]21. The number of carbonyl (C=O) groups is 1. The maximum atomic E-state index is 12.3. The van der Waals surface area contributed by atoms with Crippen molar-refractivity contribution in [2.24, 2.45) is 0 Å². The number of benzene rings is 1. The van der Waals surface area contributed by atoms with E-state index in [0.29, 0.717) is 23.3 Å². The van der Waals surface area contributed by atoms with Gasteiger partial charge < -0.3 is 9.47 Å². The molecule has 0 spiro atoms. The van der Waals surface area contributed by atoms with Crippen molar-refractivity contribution in [3.8, 4) is 11.5 Å². The number of hydrogen-bond donors (Lipinski definition) is 0. The third kappa shape index (κ3) is 3.31. The van der Waals surface area contributed by atoms with Gasteiger partial charge in [0.25, 0.3) is 0 Å². The highest BCUT2D eigenvalue weighted by Gasteiger charge is 2.37. The first-order valence-electron chi connectivity index (χ1n) is 9.39. The molecule has 2 aliphatic rings. The monoisotopic (exact) mass is 352 g/mol. The van der Waals surface area contributed by atoms with Crippen molar-refractivity contribution < 1.29 is 14.3 Å². The normalized spacial score (nSPS) is 22.0. The molecule has 0 N–H and O–H groups in total. The smallest absolute Gasteiger partial charge is 0.345 e. The molecule has 0 radical (unpaired) electrons. The molecule has 5 nitrogen and oxygen atoms in total. The third-order valence-electron chi connectivity index (χ3n) is 5.30. The Morgan fingerprint density at radius 1 is 1.38 bits per heavy atom. The van der Waals surface area contributed by atoms with Crippen molar-refractivity contribution in [2.45, 2.75) is 38.1 Å². The number of carbonyl (C=O) groups excluding carboxylic acids is 1. The second kappa shape index (κ2) is 7.46. The van der Waals surface area contributed by atoms with Crippen LogP contribution in [0.1, 0.15) is 48.0 Å². The molecular formula is C21H24N2O3. The molecule has 1 aromatic carbocycles. The molecule has 1 aromatic heterocycles. The van der Waals surface area contributed by atoms with Crippen LogP contribution in [0.15, 0.2) is 42.7 Å². The van der Waals surface area contributed by atoms with Gasteiger partial charge in [0.05, 0.1) is 11.6 Å². The number of aromatic nitrogens is 1. The fourth-order valence-electron chi connectivity index (χ4n) is 4.11. The number of fused-ring (bicyclic) bond motifs is 3. The first-order chi connectivity index (χ1) is 12.8. The van der Waals surface area contributed by atoms with Gasteiger partial charge in [-0.2, -0.15) is 0 Å². The van der Waals surface area contributed by atoms with E-state index in [1.165, 1.54) is 18.2 Å². The van der Waals surface area contributed by atoms with Gasteiger partial charge in [-0.05, 0) is 62.7 Å². The molecule has 0 saturated carbocycles. The zero-order valence-electron chi connectivity index (χ0n) is 15.1. The van der Waals surface area contributed by atoms with E-state index in [1.54, 1.807) is 24.4 Å². The van der Waals surface area contributed by atoms with Gasteiger partial charge in [0.2, 0.25) is 0 Å². The average molecular weight is 352 g/mol. The summed E-state index contributed by atoms with van der Waals surface area (Å²) < 4.78 is 11.6. The van der Waals surface area contributed by atoms with E-state index in [4.69, 9.17) is 9.47 Å². The van der Waals surface area contributed by atoms with Crippen LogP contribution in [0.3, 0.4) is 0 Å². The van der Waals surface area contributed by atoms with Crippen molar-refractivity contribution in [1.29, 1.82) is 0 Å². The molecular weight excluding hydrogens is 328 g/mol. The van der Waals surface area contributed by atoms with Gasteiger partial charge in [-0.1, -0.05) is 6.92 Å². The topological polar surface area (TPSA) is 51.7 Å². The summed E-state index contributed by atoms with van der Waals surface area (Å²) >= 11 is 0. The van der Waals surface area contributed by atoms with Crippen LogP contribution < -0.4 is 9.47 Å². The van der Waals surface area contributed by atoms with E-state index in [2.05, 4.69) is 16.8 Å². The lowest BCUT2D eigenvalue weighted by molar-refractivity contribution is 0.0651. The number of likely N-dealkylation sites (tertiary alicyclic amines) is 1. The lowest BCUT2D eigenvalue weighted by Crippen LogP contribution is -2.49. The van der Waals surface area contributed by atoms with Gasteiger partial charge in [-0.25, -0.2) is 4.79 Å². The summed E-state index contributed by atoms with van der Waals surface area (Å²) in [7, 11) is 0. The molecule has 26 heavy (non-hydrogen) atoms. The minimum Gasteiger partial charge on any atom is -0.492 e. The van der Waals surface area contributed by atoms with Crippen LogP contribution in [0, 0.1) is 0 Å². The quantitative estimate of drug-likeness (QED) is 0.621. The largest absolute Gasteiger partial charge is 0.492 e. The molecule has 3 heterocycles. The third-order valence-corrected chi connectivity index (χ3v) is 5.30. The fourth-order valence-corrected chi connectivity index (χ4v) is 4.11. The number of pyridine rings is 1. The molecule has 1 fully saturated rings. The van der Waals surface area contributed by atoms with Gasteiger partial charge in [0.15, 0.2) is 0 Å². The van der Waals surface area contributed by atoms with Gasteiger partial charge in [-0.3, -0.25) is 9.88 Å². The number of ether oxygens (including phenoxy) is 2. The Kier molecular flexibility index (Phi) is 4.89. The summed E-state index contributed by atoms with van der Waals surface area (Å²) in [6.07, 6.45) is 6.66. The zero-order valence-corrected chi connectivity index (χ0v) is 15.1. The molecule has 136 valence electrons. The first kappa shape index (κ1) is 17.0. The maximum absolute atomic E-state index is 12.3. The van der Waals surface area contributed by atoms with E-state index in [-0.39, 0.29) is 5.97 Å². The summed E-state index contributed by atoms with van der Waals surface area (Å²) in [6, 6.07) is 9.56. The lowest BCUT2D eigenvalue weighted by atomic mass is 9.81. The Morgan fingerprint density at radius 3 is 3.12 bits per heavy atom. The molecule has 4 rings (SSSR count). The number of nitrogens with zero attached hydrogens (tertiary/aromatic N) is 2. The lowest BCUT2D eigenvalue weighted by Gasteiger charge is -2.44. The summed E-state index contributed by atoms with van der Waals surface area (Å²) in [5.41, 5.74) is 1.62. The Bertz CT molecular complexity index is 776. The Balaban J connectivity index is 1.56. The highest BCUT2D eigenvalue weighted by Crippen LogP contribution is 2.42. The number of hydrogen-bond acceptors (Lipinski definition) is 5. The number of rotatable bonds is 4. The maximum Gasteiger partial charge on any atom is 0.345 e. The first-order valence-corrected chi connectivity index (χ1v) is 9.39. The molecule has 0 bridgehead atoms. The minimum atomic E-state index is -0.386. The molecule has 0 unspecified atom stereocenters. The van der Waals surface area contributed by atoms with Gasteiger partial charge >= 0.3 is 5.97 Å². The van der Waals surface area contributed by atoms with Crippen LogP contribution in [-0.2, 0) is 0 Å². The molecule has 2 aromatic rings. The van der Waals surface area contributed by atoms with E-state index in [9.17, 15) is 4.79 Å². The van der Waals surface area contributed by atoms with E-state index in [0.717, 1.165) is 38.3 Å². The minimum absolute atomic E-state index is 0.386. The van der Waals surface area contributed by atoms with Crippen molar-refractivity contribution in [1.82, 2.24) is 9.88 Å². The van der Waals surface area contributed by atoms with Crippen LogP contribution in [0.5, 0.6) is 11.5 Å². The molecule has 2 aliphatic heterocycles. The highest BCUT2D eigenvalue weighted by atomic mass is 16.5. The molecule has 2 atom stereocenters. The van der Waals surface area contributed by atoms with Gasteiger partial charge in [0, 0.05) is 23.9 Å². The van der Waals surface area contributed by atoms with Crippen molar-refractivity contribution in [3.63, 3.8) is 0 Å². The Morgan fingerprint density at radius 2 is 2.31 bits per heavy atom. The second-order valence-corrected chi connectivity index (χ2v) is 6.99. The summed E-state index contributed by atoms with van der Waals surface area (Å²) in [5, 5.41) is 0. The summed E-state index contributed by atoms with van der Waals surface area (Å²) in [6.45, 7) is 5.21. The molecule has 0 amide bonds. The van der Waals surface area contributed by atoms with Crippen molar-refractivity contribution >= 4 is 5.97 Å². The van der Waals surface area contributed by atoms with Crippen molar-refractivity contribution in [3.05, 3.63) is 53.9 Å². The van der Waals surface area contributed by atoms with E-state index < -0.39 is 0 Å². The predicted octanol–water partition coefficient (Wildman–Crippen LogP) is 3.65. The van der Waals surface area contributed by atoms with Crippen LogP contribution in [0.4, 0.5) is 0 Å². The number of esters is 1.